The van der Waals surface area contributed by atoms with Gasteiger partial charge in [0.05, 0.1) is 25.2 Å². The lowest BCUT2D eigenvalue weighted by Crippen LogP contribution is -2.20. The number of nitrogens with zero attached hydrogens (tertiary/aromatic N) is 2. The van der Waals surface area contributed by atoms with Crippen molar-refractivity contribution < 1.29 is 19.5 Å². The minimum atomic E-state index is -0.429. The number of nitro benzene ring substituents is 1. The van der Waals surface area contributed by atoms with Gasteiger partial charge >= 0.3 is 0 Å². The maximum Gasteiger partial charge on any atom is 0.296 e. The molecule has 0 aromatic heterocycles. The third-order valence-corrected chi connectivity index (χ3v) is 3.24. The van der Waals surface area contributed by atoms with Crippen molar-refractivity contribution in [3.63, 3.8) is 0 Å². The van der Waals surface area contributed by atoms with Crippen molar-refractivity contribution in [3.8, 4) is 11.5 Å². The van der Waals surface area contributed by atoms with Gasteiger partial charge in [-0.3, -0.25) is 10.1 Å². The van der Waals surface area contributed by atoms with Gasteiger partial charge in [-0.25, -0.2) is 0 Å². The van der Waals surface area contributed by atoms with E-state index in [9.17, 15) is 10.1 Å². The Labute approximate surface area is 124 Å². The molecule has 7 heteroatoms. The second-order valence-corrected chi connectivity index (χ2v) is 4.66. The number of nitro groups is 1. The average Bonchev–Trinajstić information content (AvgIpc) is 2.49. The normalized spacial score (nSPS) is 10.3. The fraction of sp³-hybridized carbons (Fsp3) is 0.571. The standard InChI is InChI=1S/C14H22N2O5/c1-15(7-5-4-6-8-17)11-9-13(20-2)14(21-3)10-12(11)16(18)19/h9-10,17H,4-8H2,1-3H3. The first-order valence-electron chi connectivity index (χ1n) is 6.77. The van der Waals surface area contributed by atoms with Crippen LogP contribution >= 0.6 is 0 Å². The van der Waals surface area contributed by atoms with Crippen LogP contribution in [0.1, 0.15) is 19.3 Å². The lowest BCUT2D eigenvalue weighted by molar-refractivity contribution is -0.384. The Morgan fingerprint density at radius 2 is 1.81 bits per heavy atom. The summed E-state index contributed by atoms with van der Waals surface area (Å²) in [6.07, 6.45) is 2.46. The molecule has 1 rings (SSSR count). The first-order chi connectivity index (χ1) is 10.0. The van der Waals surface area contributed by atoms with Crippen LogP contribution in [-0.4, -0.2) is 44.4 Å². The van der Waals surface area contributed by atoms with E-state index in [2.05, 4.69) is 0 Å². The van der Waals surface area contributed by atoms with E-state index in [0.717, 1.165) is 19.3 Å². The molecule has 0 fully saturated rings. The largest absolute Gasteiger partial charge is 0.493 e. The van der Waals surface area contributed by atoms with Crippen molar-refractivity contribution in [1.29, 1.82) is 0 Å². The molecule has 0 aliphatic heterocycles. The molecule has 0 aliphatic carbocycles. The van der Waals surface area contributed by atoms with Crippen LogP contribution in [0.4, 0.5) is 11.4 Å². The van der Waals surface area contributed by atoms with Gasteiger partial charge in [-0.1, -0.05) is 0 Å². The summed E-state index contributed by atoms with van der Waals surface area (Å²) >= 11 is 0. The maximum atomic E-state index is 11.2. The van der Waals surface area contributed by atoms with Gasteiger partial charge in [-0.2, -0.15) is 0 Å². The van der Waals surface area contributed by atoms with E-state index < -0.39 is 4.92 Å². The van der Waals surface area contributed by atoms with Crippen molar-refractivity contribution in [2.24, 2.45) is 0 Å². The smallest absolute Gasteiger partial charge is 0.296 e. The summed E-state index contributed by atoms with van der Waals surface area (Å²) in [7, 11) is 4.74. The van der Waals surface area contributed by atoms with E-state index in [1.165, 1.54) is 20.3 Å². The maximum absolute atomic E-state index is 11.2. The number of hydrogen-bond donors (Lipinski definition) is 1. The molecule has 7 nitrogen and oxygen atoms in total. The molecule has 0 spiro atoms. The van der Waals surface area contributed by atoms with Gasteiger partial charge in [0.1, 0.15) is 5.69 Å². The van der Waals surface area contributed by atoms with Gasteiger partial charge in [-0.05, 0) is 19.3 Å². The highest BCUT2D eigenvalue weighted by molar-refractivity contribution is 5.69. The van der Waals surface area contributed by atoms with E-state index in [0.29, 0.717) is 23.7 Å². The Bertz CT molecular complexity index is 479. The van der Waals surface area contributed by atoms with Crippen LogP contribution in [0.3, 0.4) is 0 Å². The molecule has 0 atom stereocenters. The predicted octanol–water partition coefficient (Wildman–Crippen LogP) is 2.21. The number of aliphatic hydroxyl groups excluding tert-OH is 1. The van der Waals surface area contributed by atoms with Gasteiger partial charge in [-0.15, -0.1) is 0 Å². The molecule has 0 unspecified atom stereocenters. The molecule has 0 saturated heterocycles. The number of aliphatic hydroxyl groups is 1. The van der Waals surface area contributed by atoms with E-state index in [-0.39, 0.29) is 12.3 Å². The molecule has 0 bridgehead atoms. The highest BCUT2D eigenvalue weighted by Crippen LogP contribution is 2.39. The third kappa shape index (κ3) is 4.49. The molecule has 1 N–H and O–H groups in total. The van der Waals surface area contributed by atoms with Crippen molar-refractivity contribution in [2.75, 3.05) is 39.3 Å². The number of methoxy groups -OCH3 is 2. The zero-order valence-corrected chi connectivity index (χ0v) is 12.7. The average molecular weight is 298 g/mol. The van der Waals surface area contributed by atoms with Crippen LogP contribution in [0.25, 0.3) is 0 Å². The number of hydrogen-bond acceptors (Lipinski definition) is 6. The highest BCUT2D eigenvalue weighted by Gasteiger charge is 2.21. The van der Waals surface area contributed by atoms with E-state index >= 15 is 0 Å². The fourth-order valence-corrected chi connectivity index (χ4v) is 2.07. The van der Waals surface area contributed by atoms with E-state index in [1.54, 1.807) is 13.1 Å². The van der Waals surface area contributed by atoms with Crippen LogP contribution in [0.2, 0.25) is 0 Å². The minimum absolute atomic E-state index is 0.0164. The Kier molecular flexibility index (Phi) is 6.74. The minimum Gasteiger partial charge on any atom is -0.493 e. The number of ether oxygens (including phenoxy) is 2. The van der Waals surface area contributed by atoms with Crippen molar-refractivity contribution >= 4 is 11.4 Å². The first kappa shape index (κ1) is 17.0. The number of unbranched alkanes of at least 4 members (excludes halogenated alkanes) is 2. The summed E-state index contributed by atoms with van der Waals surface area (Å²) in [5.41, 5.74) is 0.471. The SMILES string of the molecule is COc1cc(N(C)CCCCCO)c([N+](=O)[O-])cc1OC. The molecule has 21 heavy (non-hydrogen) atoms. The topological polar surface area (TPSA) is 85.1 Å². The summed E-state index contributed by atoms with van der Waals surface area (Å²) in [4.78, 5) is 12.6. The summed E-state index contributed by atoms with van der Waals surface area (Å²) in [6, 6.07) is 2.99. The molecule has 1 aromatic rings. The molecule has 118 valence electrons. The molecule has 0 amide bonds. The molecule has 0 saturated carbocycles. The molecule has 0 heterocycles. The van der Waals surface area contributed by atoms with Crippen LogP contribution in [0, 0.1) is 10.1 Å². The van der Waals surface area contributed by atoms with Crippen LogP contribution in [-0.2, 0) is 0 Å². The second kappa shape index (κ2) is 8.31. The van der Waals surface area contributed by atoms with Crippen LogP contribution in [0.5, 0.6) is 11.5 Å². The Balaban J connectivity index is 2.99. The number of anilines is 1. The summed E-state index contributed by atoms with van der Waals surface area (Å²) in [5.74, 6) is 0.793. The highest BCUT2D eigenvalue weighted by atomic mass is 16.6. The number of rotatable bonds is 9. The van der Waals surface area contributed by atoms with Gasteiger partial charge in [0.15, 0.2) is 11.5 Å². The van der Waals surface area contributed by atoms with Crippen LogP contribution < -0.4 is 14.4 Å². The molecule has 1 aromatic carbocycles. The zero-order chi connectivity index (χ0) is 15.8. The van der Waals surface area contributed by atoms with Gasteiger partial charge in [0, 0.05) is 26.3 Å². The number of benzene rings is 1. The molecular formula is C14H22N2O5. The molecule has 0 aliphatic rings. The third-order valence-electron chi connectivity index (χ3n) is 3.24. The Morgan fingerprint density at radius 1 is 1.19 bits per heavy atom. The van der Waals surface area contributed by atoms with Crippen LogP contribution in [0.15, 0.2) is 12.1 Å². The zero-order valence-electron chi connectivity index (χ0n) is 12.7. The summed E-state index contributed by atoms with van der Waals surface area (Å²) in [5, 5.41) is 20.0. The van der Waals surface area contributed by atoms with E-state index in [4.69, 9.17) is 14.6 Å². The van der Waals surface area contributed by atoms with Crippen molar-refractivity contribution in [1.82, 2.24) is 0 Å². The lowest BCUT2D eigenvalue weighted by Gasteiger charge is -2.20. The van der Waals surface area contributed by atoms with E-state index in [1.807, 2.05) is 4.90 Å². The monoisotopic (exact) mass is 298 g/mol. The molecular weight excluding hydrogens is 276 g/mol. The first-order valence-corrected chi connectivity index (χ1v) is 6.77. The molecule has 0 radical (unpaired) electrons. The Morgan fingerprint density at radius 3 is 2.33 bits per heavy atom. The second-order valence-electron chi connectivity index (χ2n) is 4.66. The quantitative estimate of drug-likeness (QED) is 0.427. The van der Waals surface area contributed by atoms with Crippen molar-refractivity contribution in [3.05, 3.63) is 22.2 Å². The van der Waals surface area contributed by atoms with Gasteiger partial charge < -0.3 is 19.5 Å². The lowest BCUT2D eigenvalue weighted by atomic mass is 10.2. The predicted molar refractivity (Wildman–Crippen MR) is 80.4 cm³/mol. The van der Waals surface area contributed by atoms with Gasteiger partial charge in [0.25, 0.3) is 5.69 Å². The summed E-state index contributed by atoms with van der Waals surface area (Å²) < 4.78 is 10.3. The fourth-order valence-electron chi connectivity index (χ4n) is 2.07. The van der Waals surface area contributed by atoms with Gasteiger partial charge in [0.2, 0.25) is 0 Å². The van der Waals surface area contributed by atoms with Crippen molar-refractivity contribution in [2.45, 2.75) is 19.3 Å². The Hall–Kier alpha value is -2.02. The summed E-state index contributed by atoms with van der Waals surface area (Å²) in [6.45, 7) is 0.830.